The van der Waals surface area contributed by atoms with Crippen molar-refractivity contribution in [2.45, 2.75) is 0 Å². The van der Waals surface area contributed by atoms with Crippen molar-refractivity contribution < 1.29 is 4.42 Å². The maximum Gasteiger partial charge on any atom is 0.180 e. The lowest BCUT2D eigenvalue weighted by atomic mass is 9.90. The Morgan fingerprint density at radius 1 is 0.397 bits per heavy atom. The van der Waals surface area contributed by atoms with E-state index in [9.17, 15) is 0 Å². The topological polar surface area (TPSA) is 43.9 Å². The molecule has 0 bridgehead atoms. The fraction of sp³-hybridized carbons (Fsp3) is 0. The number of nitrogens with zero attached hydrogens (tertiary/aromatic N) is 3. The minimum atomic E-state index is 0.647. The first-order valence-corrected chi connectivity index (χ1v) is 19.4. The minimum Gasteiger partial charge on any atom is -0.451 e. The van der Waals surface area contributed by atoms with Gasteiger partial charge in [-0.2, -0.15) is 0 Å². The Hall–Kier alpha value is -7.43. The summed E-state index contributed by atoms with van der Waals surface area (Å²) < 4.78 is 9.45. The average Bonchev–Trinajstić information content (AvgIpc) is 3.81. The van der Waals surface area contributed by atoms with Gasteiger partial charge >= 0.3 is 0 Å². The van der Waals surface area contributed by atoms with Gasteiger partial charge < -0.3 is 8.98 Å². The largest absolute Gasteiger partial charge is 0.451 e. The molecular formula is C52H29B2N3O. The van der Waals surface area contributed by atoms with Gasteiger partial charge in [0.2, 0.25) is 0 Å². The Labute approximate surface area is 335 Å². The minimum absolute atomic E-state index is 0.647. The molecule has 12 aromatic rings. The molecule has 9 aromatic carbocycles. The van der Waals surface area contributed by atoms with Gasteiger partial charge in [-0.1, -0.05) is 157 Å². The Kier molecular flexibility index (Phi) is 7.09. The van der Waals surface area contributed by atoms with Crippen molar-refractivity contribution in [1.82, 2.24) is 14.5 Å². The van der Waals surface area contributed by atoms with E-state index in [4.69, 9.17) is 30.1 Å². The van der Waals surface area contributed by atoms with Crippen molar-refractivity contribution in [3.8, 4) is 39.5 Å². The molecule has 0 amide bonds. The molecule has 0 fully saturated rings. The molecule has 58 heavy (non-hydrogen) atoms. The number of hydrogen-bond acceptors (Lipinski definition) is 3. The molecule has 12 rings (SSSR count). The van der Waals surface area contributed by atoms with E-state index in [-0.39, 0.29) is 0 Å². The molecule has 0 spiro atoms. The van der Waals surface area contributed by atoms with Crippen molar-refractivity contribution in [2.75, 3.05) is 0 Å². The second-order valence-electron chi connectivity index (χ2n) is 15.0. The van der Waals surface area contributed by atoms with Crippen molar-refractivity contribution in [3.05, 3.63) is 176 Å². The van der Waals surface area contributed by atoms with E-state index in [1.165, 1.54) is 21.5 Å². The number of benzene rings is 9. The second-order valence-corrected chi connectivity index (χ2v) is 15.0. The molecule has 0 aliphatic rings. The first kappa shape index (κ1) is 32.8. The number of furan rings is 1. The molecule has 0 aliphatic carbocycles. The molecule has 264 valence electrons. The fourth-order valence-electron chi connectivity index (χ4n) is 9.04. The van der Waals surface area contributed by atoms with Crippen LogP contribution in [0.2, 0.25) is 0 Å². The third-order valence-corrected chi connectivity index (χ3v) is 11.6. The Morgan fingerprint density at radius 3 is 1.55 bits per heavy atom. The van der Waals surface area contributed by atoms with Crippen LogP contribution in [0.15, 0.2) is 180 Å². The number of aromatic nitrogens is 3. The fourth-order valence-corrected chi connectivity index (χ4v) is 9.04. The van der Waals surface area contributed by atoms with Crippen LogP contribution in [-0.2, 0) is 0 Å². The van der Waals surface area contributed by atoms with Crippen molar-refractivity contribution in [3.63, 3.8) is 0 Å². The highest BCUT2D eigenvalue weighted by Gasteiger charge is 2.24. The van der Waals surface area contributed by atoms with Gasteiger partial charge in [-0.25, -0.2) is 9.97 Å². The lowest BCUT2D eigenvalue weighted by molar-refractivity contribution is 0.668. The predicted molar refractivity (Wildman–Crippen MR) is 243 cm³/mol. The summed E-state index contributed by atoms with van der Waals surface area (Å²) in [4.78, 5) is 10.4. The first-order valence-electron chi connectivity index (χ1n) is 19.4. The standard InChI is InChI=1S/C52H29B2N3O/c53-32-22-24-45-42(26-32)43-27-33(54)23-25-46(43)57(45)47-29-41-37-19-10-8-17-35(37)34-16-7-9-18-36(34)40(41)28-44(47)38-20-11-21-39-49-51(58-50(38)39)48(30-12-3-1-4-13-30)55-52(56-49)31-14-5-2-6-15-31/h1-29H. The summed E-state index contributed by atoms with van der Waals surface area (Å²) in [6, 6.07) is 61.1. The molecule has 0 unspecified atom stereocenters. The molecular weight excluding hydrogens is 704 g/mol. The van der Waals surface area contributed by atoms with Crippen LogP contribution in [0, 0.1) is 0 Å². The number of hydrogen-bond donors (Lipinski definition) is 0. The maximum atomic E-state index is 7.10. The van der Waals surface area contributed by atoms with Gasteiger partial charge in [-0.3, -0.25) is 0 Å². The van der Waals surface area contributed by atoms with Gasteiger partial charge in [0.25, 0.3) is 0 Å². The Morgan fingerprint density at radius 2 is 0.931 bits per heavy atom. The maximum absolute atomic E-state index is 7.10. The van der Waals surface area contributed by atoms with Gasteiger partial charge in [0, 0.05) is 38.4 Å². The molecule has 0 N–H and O–H groups in total. The van der Waals surface area contributed by atoms with Crippen LogP contribution in [0.5, 0.6) is 0 Å². The van der Waals surface area contributed by atoms with Crippen LogP contribution < -0.4 is 10.9 Å². The van der Waals surface area contributed by atoms with E-state index in [1.54, 1.807) is 0 Å². The Bertz CT molecular complexity index is 3590. The SMILES string of the molecule is [B]c1ccc2c(c1)c1cc([B])ccc1n2-c1cc2c3ccccc3c3ccccc3c2cc1-c1cccc2c1oc1c(-c3ccccc3)nc(-c3ccccc3)nc12. The Balaban J connectivity index is 1.25. The normalized spacial score (nSPS) is 11.9. The van der Waals surface area contributed by atoms with Crippen LogP contribution >= 0.6 is 0 Å². The van der Waals surface area contributed by atoms with E-state index in [0.29, 0.717) is 22.3 Å². The van der Waals surface area contributed by atoms with Crippen molar-refractivity contribution >= 4 is 103 Å². The summed E-state index contributed by atoms with van der Waals surface area (Å²) in [5, 5.41) is 10.1. The smallest absolute Gasteiger partial charge is 0.180 e. The van der Waals surface area contributed by atoms with E-state index in [1.807, 2.05) is 72.8 Å². The van der Waals surface area contributed by atoms with Crippen molar-refractivity contribution in [2.24, 2.45) is 0 Å². The zero-order valence-electron chi connectivity index (χ0n) is 31.1. The molecule has 6 heteroatoms. The molecule has 0 aliphatic heterocycles. The molecule has 0 atom stereocenters. The summed E-state index contributed by atoms with van der Waals surface area (Å²) in [5.41, 5.74) is 11.2. The summed E-state index contributed by atoms with van der Waals surface area (Å²) in [5.74, 6) is 0.647. The van der Waals surface area contributed by atoms with Gasteiger partial charge in [0.15, 0.2) is 11.4 Å². The lowest BCUT2D eigenvalue weighted by Crippen LogP contribution is -2.02. The molecule has 0 saturated carbocycles. The van der Waals surface area contributed by atoms with Crippen LogP contribution in [0.3, 0.4) is 0 Å². The highest BCUT2D eigenvalue weighted by atomic mass is 16.3. The van der Waals surface area contributed by atoms with Crippen LogP contribution in [0.4, 0.5) is 0 Å². The number of rotatable bonds is 4. The van der Waals surface area contributed by atoms with E-state index >= 15 is 0 Å². The quantitative estimate of drug-likeness (QED) is 0.134. The lowest BCUT2D eigenvalue weighted by Gasteiger charge is -2.18. The third-order valence-electron chi connectivity index (χ3n) is 11.6. The molecule has 0 saturated heterocycles. The summed E-state index contributed by atoms with van der Waals surface area (Å²) in [6.45, 7) is 0. The average molecular weight is 733 g/mol. The summed E-state index contributed by atoms with van der Waals surface area (Å²) in [7, 11) is 12.9. The van der Waals surface area contributed by atoms with E-state index < -0.39 is 0 Å². The van der Waals surface area contributed by atoms with Crippen LogP contribution in [-0.4, -0.2) is 30.2 Å². The first-order chi connectivity index (χ1) is 28.6. The highest BCUT2D eigenvalue weighted by molar-refractivity contribution is 6.36. The van der Waals surface area contributed by atoms with Gasteiger partial charge in [0.05, 0.1) is 16.7 Å². The molecule has 3 heterocycles. The van der Waals surface area contributed by atoms with Gasteiger partial charge in [-0.15, -0.1) is 0 Å². The summed E-state index contributed by atoms with van der Waals surface area (Å²) >= 11 is 0. The highest BCUT2D eigenvalue weighted by Crippen LogP contribution is 2.46. The van der Waals surface area contributed by atoms with Crippen LogP contribution in [0.1, 0.15) is 0 Å². The molecule has 4 radical (unpaired) electrons. The second kappa shape index (κ2) is 12.5. The number of fused-ring (bicyclic) bond motifs is 12. The van der Waals surface area contributed by atoms with Crippen LogP contribution in [0.25, 0.3) is 116 Å². The van der Waals surface area contributed by atoms with E-state index in [2.05, 4.69) is 108 Å². The van der Waals surface area contributed by atoms with Gasteiger partial charge in [0.1, 0.15) is 32.5 Å². The van der Waals surface area contributed by atoms with E-state index in [0.717, 1.165) is 82.7 Å². The number of para-hydroxylation sites is 1. The molecule has 4 nitrogen and oxygen atoms in total. The zero-order valence-corrected chi connectivity index (χ0v) is 31.1. The zero-order chi connectivity index (χ0) is 38.5. The molecule has 3 aromatic heterocycles. The summed E-state index contributed by atoms with van der Waals surface area (Å²) in [6.07, 6.45) is 0. The monoisotopic (exact) mass is 733 g/mol. The van der Waals surface area contributed by atoms with Crippen molar-refractivity contribution in [1.29, 1.82) is 0 Å². The third kappa shape index (κ3) is 4.85. The van der Waals surface area contributed by atoms with Gasteiger partial charge in [-0.05, 0) is 62.6 Å². The predicted octanol–water partition coefficient (Wildman–Crippen LogP) is 11.5.